The van der Waals surface area contributed by atoms with Crippen LogP contribution in [0.15, 0.2) is 29.1 Å². The van der Waals surface area contributed by atoms with Gasteiger partial charge in [0.2, 0.25) is 0 Å². The van der Waals surface area contributed by atoms with Gasteiger partial charge in [0.25, 0.3) is 5.91 Å². The zero-order valence-electron chi connectivity index (χ0n) is 8.73. The summed E-state index contributed by atoms with van der Waals surface area (Å²) in [5, 5.41) is 6.55. The molecule has 16 heavy (non-hydrogen) atoms. The molecule has 0 spiro atoms. The van der Waals surface area contributed by atoms with Crippen molar-refractivity contribution in [3.63, 3.8) is 0 Å². The predicted molar refractivity (Wildman–Crippen MR) is 65.7 cm³/mol. The number of thiophene rings is 1. The Bertz CT molecular complexity index is 508. The minimum Gasteiger partial charge on any atom is -0.397 e. The van der Waals surface area contributed by atoms with Crippen LogP contribution in [0.4, 0.5) is 11.4 Å². The molecule has 5 heteroatoms. The second kappa shape index (κ2) is 4.32. The fraction of sp³-hybridized carbons (Fsp3) is 0.0909. The van der Waals surface area contributed by atoms with Crippen LogP contribution in [0, 0.1) is 6.92 Å². The van der Waals surface area contributed by atoms with Gasteiger partial charge in [-0.05, 0) is 24.4 Å². The number of pyridine rings is 1. The van der Waals surface area contributed by atoms with Crippen LogP contribution < -0.4 is 11.1 Å². The van der Waals surface area contributed by atoms with Gasteiger partial charge in [-0.3, -0.25) is 9.78 Å². The quantitative estimate of drug-likeness (QED) is 0.836. The first-order valence-corrected chi connectivity index (χ1v) is 5.67. The van der Waals surface area contributed by atoms with E-state index >= 15 is 0 Å². The van der Waals surface area contributed by atoms with Crippen LogP contribution in [0.1, 0.15) is 16.1 Å². The van der Waals surface area contributed by atoms with Gasteiger partial charge in [0.1, 0.15) is 0 Å². The summed E-state index contributed by atoms with van der Waals surface area (Å²) in [5.74, 6) is -0.185. The summed E-state index contributed by atoms with van der Waals surface area (Å²) in [6.45, 7) is 1.78. The highest BCUT2D eigenvalue weighted by molar-refractivity contribution is 7.08. The Hall–Kier alpha value is -1.88. The fourth-order valence-electron chi connectivity index (χ4n) is 1.31. The van der Waals surface area contributed by atoms with E-state index in [4.69, 9.17) is 5.73 Å². The topological polar surface area (TPSA) is 68.0 Å². The molecule has 2 aromatic rings. The molecule has 0 aliphatic heterocycles. The molecule has 2 heterocycles. The standard InChI is InChI=1S/C11H11N3OS/c1-7-10(4-8(12)5-13-7)11(15)14-9-2-3-16-6-9/h2-6H,12H2,1H3,(H,14,15). The van der Waals surface area contributed by atoms with Gasteiger partial charge >= 0.3 is 0 Å². The summed E-state index contributed by atoms with van der Waals surface area (Å²) in [6, 6.07) is 3.47. The van der Waals surface area contributed by atoms with Crippen LogP contribution in [0.3, 0.4) is 0 Å². The van der Waals surface area contributed by atoms with E-state index in [9.17, 15) is 4.79 Å². The first-order chi connectivity index (χ1) is 7.66. The fourth-order valence-corrected chi connectivity index (χ4v) is 1.90. The number of hydrogen-bond donors (Lipinski definition) is 2. The lowest BCUT2D eigenvalue weighted by Gasteiger charge is -2.06. The number of hydrogen-bond acceptors (Lipinski definition) is 4. The lowest BCUT2D eigenvalue weighted by atomic mass is 10.2. The molecule has 1 amide bonds. The Kier molecular flexibility index (Phi) is 2.87. The van der Waals surface area contributed by atoms with E-state index < -0.39 is 0 Å². The van der Waals surface area contributed by atoms with E-state index in [1.807, 2.05) is 16.8 Å². The summed E-state index contributed by atoms with van der Waals surface area (Å²) < 4.78 is 0. The van der Waals surface area contributed by atoms with Gasteiger partial charge in [0, 0.05) is 5.38 Å². The van der Waals surface area contributed by atoms with Crippen molar-refractivity contribution >= 4 is 28.6 Å². The molecule has 82 valence electrons. The Morgan fingerprint density at radius 3 is 3.06 bits per heavy atom. The van der Waals surface area contributed by atoms with Crippen LogP contribution in [-0.2, 0) is 0 Å². The molecular formula is C11H11N3OS. The van der Waals surface area contributed by atoms with E-state index in [1.54, 1.807) is 13.0 Å². The number of carbonyl (C=O) groups is 1. The second-order valence-electron chi connectivity index (χ2n) is 3.37. The van der Waals surface area contributed by atoms with E-state index in [2.05, 4.69) is 10.3 Å². The van der Waals surface area contributed by atoms with Gasteiger partial charge in [-0.25, -0.2) is 0 Å². The minimum absolute atomic E-state index is 0.185. The molecule has 0 aliphatic rings. The van der Waals surface area contributed by atoms with Crippen LogP contribution in [0.25, 0.3) is 0 Å². The number of aryl methyl sites for hydroxylation is 1. The van der Waals surface area contributed by atoms with E-state index in [0.717, 1.165) is 5.69 Å². The molecule has 0 fully saturated rings. The largest absolute Gasteiger partial charge is 0.397 e. The Morgan fingerprint density at radius 2 is 2.38 bits per heavy atom. The number of nitrogens with two attached hydrogens (primary N) is 1. The third-order valence-corrected chi connectivity index (χ3v) is 2.81. The van der Waals surface area contributed by atoms with E-state index in [1.165, 1.54) is 17.5 Å². The van der Waals surface area contributed by atoms with Crippen LogP contribution in [0.2, 0.25) is 0 Å². The molecule has 0 atom stereocenters. The number of carbonyl (C=O) groups excluding carboxylic acids is 1. The molecule has 0 bridgehead atoms. The van der Waals surface area contributed by atoms with E-state index in [0.29, 0.717) is 16.9 Å². The summed E-state index contributed by atoms with van der Waals surface area (Å²) in [6.07, 6.45) is 1.54. The van der Waals surface area contributed by atoms with Gasteiger partial charge in [-0.2, -0.15) is 11.3 Å². The number of anilines is 2. The second-order valence-corrected chi connectivity index (χ2v) is 4.15. The Morgan fingerprint density at radius 1 is 1.56 bits per heavy atom. The van der Waals surface area contributed by atoms with Gasteiger partial charge in [0.05, 0.1) is 28.8 Å². The zero-order valence-corrected chi connectivity index (χ0v) is 9.54. The summed E-state index contributed by atoms with van der Waals surface area (Å²) in [7, 11) is 0. The predicted octanol–water partition coefficient (Wildman–Crippen LogP) is 2.29. The lowest BCUT2D eigenvalue weighted by molar-refractivity contribution is 0.102. The molecule has 4 nitrogen and oxygen atoms in total. The average molecular weight is 233 g/mol. The van der Waals surface area contributed by atoms with Crippen molar-refractivity contribution in [1.82, 2.24) is 4.98 Å². The molecule has 0 saturated carbocycles. The Labute approximate surface area is 97.1 Å². The number of nitrogens with one attached hydrogen (secondary N) is 1. The number of amides is 1. The van der Waals surface area contributed by atoms with Crippen molar-refractivity contribution in [2.75, 3.05) is 11.1 Å². The normalized spacial score (nSPS) is 10.1. The highest BCUT2D eigenvalue weighted by Crippen LogP contribution is 2.15. The number of nitrogen functional groups attached to an aromatic ring is 1. The van der Waals surface area contributed by atoms with Crippen molar-refractivity contribution in [2.24, 2.45) is 0 Å². The zero-order chi connectivity index (χ0) is 11.5. The van der Waals surface area contributed by atoms with Crippen molar-refractivity contribution in [3.05, 3.63) is 40.3 Å². The molecule has 0 radical (unpaired) electrons. The number of aromatic nitrogens is 1. The number of nitrogens with zero attached hydrogens (tertiary/aromatic N) is 1. The molecule has 0 unspecified atom stereocenters. The van der Waals surface area contributed by atoms with Gasteiger partial charge in [-0.1, -0.05) is 0 Å². The smallest absolute Gasteiger partial charge is 0.257 e. The summed E-state index contributed by atoms with van der Waals surface area (Å²) in [4.78, 5) is 15.9. The highest BCUT2D eigenvalue weighted by atomic mass is 32.1. The van der Waals surface area contributed by atoms with Crippen molar-refractivity contribution in [3.8, 4) is 0 Å². The first-order valence-electron chi connectivity index (χ1n) is 4.72. The van der Waals surface area contributed by atoms with Gasteiger partial charge < -0.3 is 11.1 Å². The SMILES string of the molecule is Cc1ncc(N)cc1C(=O)Nc1ccsc1. The van der Waals surface area contributed by atoms with E-state index in [-0.39, 0.29) is 5.91 Å². The maximum atomic E-state index is 11.9. The maximum absolute atomic E-state index is 11.9. The van der Waals surface area contributed by atoms with Crippen LogP contribution in [0.5, 0.6) is 0 Å². The Balaban J connectivity index is 2.24. The molecule has 3 N–H and O–H groups in total. The third kappa shape index (κ3) is 2.20. The van der Waals surface area contributed by atoms with Gasteiger partial charge in [0.15, 0.2) is 0 Å². The van der Waals surface area contributed by atoms with Crippen molar-refractivity contribution in [1.29, 1.82) is 0 Å². The minimum atomic E-state index is -0.185. The molecule has 0 aliphatic carbocycles. The third-order valence-electron chi connectivity index (χ3n) is 2.13. The lowest BCUT2D eigenvalue weighted by Crippen LogP contribution is -2.14. The van der Waals surface area contributed by atoms with Crippen molar-refractivity contribution < 1.29 is 4.79 Å². The van der Waals surface area contributed by atoms with Crippen LogP contribution in [-0.4, -0.2) is 10.9 Å². The molecule has 2 aromatic heterocycles. The average Bonchev–Trinajstić information content (AvgIpc) is 2.74. The van der Waals surface area contributed by atoms with Gasteiger partial charge in [-0.15, -0.1) is 0 Å². The maximum Gasteiger partial charge on any atom is 0.257 e. The molecule has 2 rings (SSSR count). The molecule has 0 aromatic carbocycles. The van der Waals surface area contributed by atoms with Crippen LogP contribution >= 0.6 is 11.3 Å². The molecule has 0 saturated heterocycles. The summed E-state index contributed by atoms with van der Waals surface area (Å²) in [5.41, 5.74) is 8.05. The molecular weight excluding hydrogens is 222 g/mol. The number of rotatable bonds is 2. The summed E-state index contributed by atoms with van der Waals surface area (Å²) >= 11 is 1.53. The monoisotopic (exact) mass is 233 g/mol. The first kappa shape index (κ1) is 10.6. The van der Waals surface area contributed by atoms with Crippen molar-refractivity contribution in [2.45, 2.75) is 6.92 Å². The highest BCUT2D eigenvalue weighted by Gasteiger charge is 2.10.